The summed E-state index contributed by atoms with van der Waals surface area (Å²) >= 11 is 0. The summed E-state index contributed by atoms with van der Waals surface area (Å²) in [5, 5.41) is 16.5. The highest BCUT2D eigenvalue weighted by molar-refractivity contribution is 5.38. The highest BCUT2D eigenvalue weighted by Crippen LogP contribution is 2.21. The lowest BCUT2D eigenvalue weighted by molar-refractivity contribution is 0.483. The van der Waals surface area contributed by atoms with Crippen molar-refractivity contribution >= 4 is 0 Å². The van der Waals surface area contributed by atoms with E-state index in [0.29, 0.717) is 11.5 Å². The Hall–Kier alpha value is -2.20. The molecule has 0 heterocycles. The molecule has 4 heteroatoms. The first-order valence-electron chi connectivity index (χ1n) is 3.50. The van der Waals surface area contributed by atoms with Crippen LogP contribution < -0.4 is 9.47 Å². The third-order valence-electron chi connectivity index (χ3n) is 1.35. The van der Waals surface area contributed by atoms with Gasteiger partial charge < -0.3 is 9.47 Å². The van der Waals surface area contributed by atoms with E-state index in [1.807, 2.05) is 6.92 Å². The summed E-state index contributed by atoms with van der Waals surface area (Å²) in [7, 11) is 0. The molecule has 0 saturated heterocycles. The number of hydrogen-bond donors (Lipinski definition) is 0. The number of aryl methyl sites for hydroxylation is 1. The lowest BCUT2D eigenvalue weighted by Crippen LogP contribution is -1.87. The van der Waals surface area contributed by atoms with Gasteiger partial charge in [-0.3, -0.25) is 0 Å². The van der Waals surface area contributed by atoms with E-state index in [2.05, 4.69) is 9.47 Å². The average Bonchev–Trinajstić information content (AvgIpc) is 2.04. The van der Waals surface area contributed by atoms with Crippen molar-refractivity contribution < 1.29 is 9.47 Å². The summed E-state index contributed by atoms with van der Waals surface area (Å²) < 4.78 is 9.18. The molecule has 0 amide bonds. The van der Waals surface area contributed by atoms with Crippen LogP contribution in [0.4, 0.5) is 0 Å². The van der Waals surface area contributed by atoms with Crippen LogP contribution in [0, 0.1) is 30.0 Å². The minimum atomic E-state index is 0.368. The second-order valence-electron chi connectivity index (χ2n) is 2.37. The van der Waals surface area contributed by atoms with Crippen LogP contribution in [0.5, 0.6) is 11.5 Å². The van der Waals surface area contributed by atoms with Gasteiger partial charge in [0.15, 0.2) is 0 Å². The molecule has 0 aliphatic heterocycles. The van der Waals surface area contributed by atoms with Gasteiger partial charge in [-0.25, -0.2) is 0 Å². The number of rotatable bonds is 2. The number of hydrogen-bond acceptors (Lipinski definition) is 4. The molecule has 0 saturated carbocycles. The van der Waals surface area contributed by atoms with Crippen molar-refractivity contribution in [1.29, 1.82) is 10.5 Å². The number of benzene rings is 1. The van der Waals surface area contributed by atoms with Crippen LogP contribution in [0.15, 0.2) is 18.2 Å². The molecule has 1 aromatic rings. The molecule has 0 unspecified atom stereocenters. The number of ether oxygens (including phenoxy) is 2. The lowest BCUT2D eigenvalue weighted by Gasteiger charge is -2.00. The van der Waals surface area contributed by atoms with Crippen LogP contribution in [-0.2, 0) is 0 Å². The molecule has 0 fully saturated rings. The summed E-state index contributed by atoms with van der Waals surface area (Å²) in [5.41, 5.74) is 0.859. The Morgan fingerprint density at radius 2 is 1.46 bits per heavy atom. The fraction of sp³-hybridized carbons (Fsp3) is 0.111. The fourth-order valence-corrected chi connectivity index (χ4v) is 0.937. The van der Waals surface area contributed by atoms with Gasteiger partial charge in [0.05, 0.1) is 0 Å². The first-order chi connectivity index (χ1) is 6.26. The lowest BCUT2D eigenvalue weighted by atomic mass is 10.2. The third kappa shape index (κ3) is 2.39. The van der Waals surface area contributed by atoms with Crippen molar-refractivity contribution in [3.63, 3.8) is 0 Å². The highest BCUT2D eigenvalue weighted by atomic mass is 16.5. The molecule has 0 atom stereocenters. The third-order valence-corrected chi connectivity index (χ3v) is 1.35. The Labute approximate surface area is 75.5 Å². The van der Waals surface area contributed by atoms with E-state index in [1.165, 1.54) is 6.07 Å². The predicted octanol–water partition coefficient (Wildman–Crippen LogP) is 1.71. The minimum absolute atomic E-state index is 0.368. The van der Waals surface area contributed by atoms with Gasteiger partial charge in [-0.15, -0.1) is 10.5 Å². The van der Waals surface area contributed by atoms with Crippen LogP contribution in [0.25, 0.3) is 0 Å². The Morgan fingerprint density at radius 1 is 1.00 bits per heavy atom. The summed E-state index contributed by atoms with van der Waals surface area (Å²) in [6.07, 6.45) is 3.08. The quantitative estimate of drug-likeness (QED) is 0.640. The van der Waals surface area contributed by atoms with Gasteiger partial charge in [0, 0.05) is 6.07 Å². The molecule has 0 aliphatic carbocycles. The first kappa shape index (κ1) is 8.89. The van der Waals surface area contributed by atoms with Gasteiger partial charge in [0.1, 0.15) is 11.5 Å². The van der Waals surface area contributed by atoms with Crippen molar-refractivity contribution in [3.05, 3.63) is 23.8 Å². The van der Waals surface area contributed by atoms with Gasteiger partial charge in [-0.2, -0.15) is 0 Å². The van der Waals surface area contributed by atoms with E-state index in [-0.39, 0.29) is 0 Å². The molecule has 0 spiro atoms. The monoisotopic (exact) mass is 174 g/mol. The van der Waals surface area contributed by atoms with Crippen LogP contribution in [-0.4, -0.2) is 0 Å². The SMILES string of the molecule is Cc1cc(OC#N)cc(OC#N)c1. The number of nitrogens with zero attached hydrogens (tertiary/aromatic N) is 2. The van der Waals surface area contributed by atoms with Gasteiger partial charge in [-0.05, 0) is 24.6 Å². The van der Waals surface area contributed by atoms with Crippen molar-refractivity contribution in [2.45, 2.75) is 6.92 Å². The van der Waals surface area contributed by atoms with Gasteiger partial charge >= 0.3 is 0 Å². The zero-order valence-electron chi connectivity index (χ0n) is 6.94. The Balaban J connectivity index is 2.99. The van der Waals surface area contributed by atoms with E-state index < -0.39 is 0 Å². The maximum Gasteiger partial charge on any atom is 0.292 e. The molecule has 64 valence electrons. The molecule has 0 bridgehead atoms. The van der Waals surface area contributed by atoms with E-state index in [0.717, 1.165) is 5.56 Å². The predicted molar refractivity (Wildman–Crippen MR) is 43.7 cm³/mol. The first-order valence-corrected chi connectivity index (χ1v) is 3.50. The van der Waals surface area contributed by atoms with E-state index >= 15 is 0 Å². The molecule has 4 nitrogen and oxygen atoms in total. The zero-order chi connectivity index (χ0) is 9.68. The van der Waals surface area contributed by atoms with Crippen molar-refractivity contribution in [3.8, 4) is 24.0 Å². The molecular weight excluding hydrogens is 168 g/mol. The van der Waals surface area contributed by atoms with Crippen LogP contribution >= 0.6 is 0 Å². The zero-order valence-corrected chi connectivity index (χ0v) is 6.94. The van der Waals surface area contributed by atoms with Gasteiger partial charge in [0.2, 0.25) is 0 Å². The molecule has 0 aromatic heterocycles. The molecular formula is C9H6N2O2. The van der Waals surface area contributed by atoms with Gasteiger partial charge in [0.25, 0.3) is 12.5 Å². The smallest absolute Gasteiger partial charge is 0.292 e. The van der Waals surface area contributed by atoms with E-state index in [9.17, 15) is 0 Å². The Morgan fingerprint density at radius 3 is 1.85 bits per heavy atom. The van der Waals surface area contributed by atoms with Crippen LogP contribution in [0.1, 0.15) is 5.56 Å². The number of nitriles is 2. The second-order valence-corrected chi connectivity index (χ2v) is 2.37. The minimum Gasteiger partial charge on any atom is -0.388 e. The summed E-state index contributed by atoms with van der Waals surface area (Å²) in [6, 6.07) is 4.82. The van der Waals surface area contributed by atoms with Crippen LogP contribution in [0.3, 0.4) is 0 Å². The normalized spacial score (nSPS) is 8.23. The van der Waals surface area contributed by atoms with Gasteiger partial charge in [-0.1, -0.05) is 0 Å². The maximum absolute atomic E-state index is 8.25. The average molecular weight is 174 g/mol. The van der Waals surface area contributed by atoms with Crippen LogP contribution in [0.2, 0.25) is 0 Å². The standard InChI is InChI=1S/C9H6N2O2/c1-7-2-8(12-5-10)4-9(3-7)13-6-11/h2-4H,1H3. The van der Waals surface area contributed by atoms with E-state index in [4.69, 9.17) is 10.5 Å². The molecule has 13 heavy (non-hydrogen) atoms. The topological polar surface area (TPSA) is 66.0 Å². The van der Waals surface area contributed by atoms with Crippen molar-refractivity contribution in [2.24, 2.45) is 0 Å². The molecule has 0 N–H and O–H groups in total. The van der Waals surface area contributed by atoms with Crippen molar-refractivity contribution in [1.82, 2.24) is 0 Å². The summed E-state index contributed by atoms with van der Waals surface area (Å²) in [5.74, 6) is 0.737. The van der Waals surface area contributed by atoms with Crippen molar-refractivity contribution in [2.75, 3.05) is 0 Å². The second kappa shape index (κ2) is 3.99. The largest absolute Gasteiger partial charge is 0.388 e. The Kier molecular flexibility index (Phi) is 2.73. The van der Waals surface area contributed by atoms with E-state index in [1.54, 1.807) is 24.6 Å². The Bertz CT molecular complexity index is 353. The molecule has 1 rings (SSSR count). The molecule has 0 aliphatic rings. The summed E-state index contributed by atoms with van der Waals surface area (Å²) in [4.78, 5) is 0. The maximum atomic E-state index is 8.25. The highest BCUT2D eigenvalue weighted by Gasteiger charge is 2.00. The fourth-order valence-electron chi connectivity index (χ4n) is 0.937. The molecule has 1 aromatic carbocycles. The summed E-state index contributed by atoms with van der Waals surface area (Å²) in [6.45, 7) is 1.81. The molecule has 0 radical (unpaired) electrons.